The van der Waals surface area contributed by atoms with Crippen LogP contribution in [0.4, 0.5) is 5.69 Å². The van der Waals surface area contributed by atoms with Crippen LogP contribution in [-0.2, 0) is 0 Å². The van der Waals surface area contributed by atoms with Gasteiger partial charge in [-0.2, -0.15) is 0 Å². The molecule has 0 radical (unpaired) electrons. The summed E-state index contributed by atoms with van der Waals surface area (Å²) in [5, 5.41) is 3.59. The number of hydrogen-bond acceptors (Lipinski definition) is 4. The number of anilines is 1. The number of hydrogen-bond donors (Lipinski definition) is 1. The van der Waals surface area contributed by atoms with Crippen LogP contribution in [0.5, 0.6) is 11.5 Å². The summed E-state index contributed by atoms with van der Waals surface area (Å²) in [5.41, 5.74) is 1.20. The highest BCUT2D eigenvalue weighted by atomic mass is 16.5. The zero-order chi connectivity index (χ0) is 13.8. The molecule has 1 unspecified atom stereocenters. The summed E-state index contributed by atoms with van der Waals surface area (Å²) in [4.78, 5) is 2.39. The van der Waals surface area contributed by atoms with E-state index >= 15 is 0 Å². The van der Waals surface area contributed by atoms with Crippen LogP contribution < -0.4 is 19.7 Å². The fourth-order valence-electron chi connectivity index (χ4n) is 2.62. The summed E-state index contributed by atoms with van der Waals surface area (Å²) < 4.78 is 10.6. The SMILES string of the molecule is COc1ccc(N2CCC(NC(C)C)C2)cc1OC. The smallest absolute Gasteiger partial charge is 0.162 e. The van der Waals surface area contributed by atoms with Gasteiger partial charge in [-0.05, 0) is 18.6 Å². The molecule has 1 fully saturated rings. The Labute approximate surface area is 115 Å². The van der Waals surface area contributed by atoms with E-state index in [9.17, 15) is 0 Å². The molecule has 1 aliphatic heterocycles. The van der Waals surface area contributed by atoms with Gasteiger partial charge in [-0.25, -0.2) is 0 Å². The molecule has 4 nitrogen and oxygen atoms in total. The van der Waals surface area contributed by atoms with Crippen LogP contribution in [0.15, 0.2) is 18.2 Å². The fraction of sp³-hybridized carbons (Fsp3) is 0.600. The molecule has 1 atom stereocenters. The number of nitrogens with one attached hydrogen (secondary N) is 1. The monoisotopic (exact) mass is 264 g/mol. The maximum atomic E-state index is 5.36. The second-order valence-electron chi connectivity index (χ2n) is 5.29. The van der Waals surface area contributed by atoms with Gasteiger partial charge in [0.05, 0.1) is 14.2 Å². The third kappa shape index (κ3) is 3.32. The minimum Gasteiger partial charge on any atom is -0.493 e. The van der Waals surface area contributed by atoms with E-state index in [4.69, 9.17) is 9.47 Å². The number of ether oxygens (including phenoxy) is 2. The molecule has 1 heterocycles. The Kier molecular flexibility index (Phi) is 4.53. The van der Waals surface area contributed by atoms with Crippen molar-refractivity contribution in [3.8, 4) is 11.5 Å². The van der Waals surface area contributed by atoms with Gasteiger partial charge < -0.3 is 19.7 Å². The molecule has 1 aliphatic rings. The molecule has 0 saturated carbocycles. The predicted molar refractivity (Wildman–Crippen MR) is 78.4 cm³/mol. The van der Waals surface area contributed by atoms with Crippen molar-refractivity contribution >= 4 is 5.69 Å². The Morgan fingerprint density at radius 2 is 1.95 bits per heavy atom. The van der Waals surface area contributed by atoms with Crippen LogP contribution in [0.25, 0.3) is 0 Å². The molecule has 1 N–H and O–H groups in total. The summed E-state index contributed by atoms with van der Waals surface area (Å²) in [7, 11) is 3.34. The van der Waals surface area contributed by atoms with Crippen molar-refractivity contribution in [2.45, 2.75) is 32.4 Å². The maximum absolute atomic E-state index is 5.36. The second kappa shape index (κ2) is 6.15. The van der Waals surface area contributed by atoms with E-state index in [1.807, 2.05) is 6.07 Å². The molecule has 4 heteroatoms. The Hall–Kier alpha value is -1.42. The maximum Gasteiger partial charge on any atom is 0.162 e. The zero-order valence-corrected chi connectivity index (χ0v) is 12.3. The Morgan fingerprint density at radius 1 is 1.21 bits per heavy atom. The molecule has 0 aromatic heterocycles. The minimum atomic E-state index is 0.537. The third-order valence-corrected chi connectivity index (χ3v) is 3.49. The van der Waals surface area contributed by atoms with Crippen molar-refractivity contribution in [3.63, 3.8) is 0 Å². The average molecular weight is 264 g/mol. The van der Waals surface area contributed by atoms with Gasteiger partial charge in [0.1, 0.15) is 0 Å². The van der Waals surface area contributed by atoms with Gasteiger partial charge in [-0.1, -0.05) is 13.8 Å². The molecule has 2 rings (SSSR count). The third-order valence-electron chi connectivity index (χ3n) is 3.49. The van der Waals surface area contributed by atoms with Crippen LogP contribution >= 0.6 is 0 Å². The highest BCUT2D eigenvalue weighted by molar-refractivity contribution is 5.57. The first-order chi connectivity index (χ1) is 9.13. The highest BCUT2D eigenvalue weighted by Gasteiger charge is 2.23. The van der Waals surface area contributed by atoms with Crippen molar-refractivity contribution in [1.82, 2.24) is 5.32 Å². The summed E-state index contributed by atoms with van der Waals surface area (Å²) in [5.74, 6) is 1.57. The molecule has 1 aromatic rings. The second-order valence-corrected chi connectivity index (χ2v) is 5.29. The quantitative estimate of drug-likeness (QED) is 0.884. The van der Waals surface area contributed by atoms with Crippen LogP contribution in [-0.4, -0.2) is 39.4 Å². The van der Waals surface area contributed by atoms with E-state index in [1.165, 1.54) is 12.1 Å². The number of methoxy groups -OCH3 is 2. The van der Waals surface area contributed by atoms with Gasteiger partial charge in [0.15, 0.2) is 11.5 Å². The normalized spacial score (nSPS) is 19.0. The van der Waals surface area contributed by atoms with Gasteiger partial charge in [-0.3, -0.25) is 0 Å². The molecule has 1 aromatic carbocycles. The molecule has 19 heavy (non-hydrogen) atoms. The first kappa shape index (κ1) is 14.0. The largest absolute Gasteiger partial charge is 0.493 e. The molecule has 0 spiro atoms. The Bertz CT molecular complexity index is 421. The van der Waals surface area contributed by atoms with E-state index in [-0.39, 0.29) is 0 Å². The fourth-order valence-corrected chi connectivity index (χ4v) is 2.62. The van der Waals surface area contributed by atoms with Gasteiger partial charge in [0.25, 0.3) is 0 Å². The van der Waals surface area contributed by atoms with Crippen LogP contribution in [0.1, 0.15) is 20.3 Å². The Balaban J connectivity index is 2.07. The minimum absolute atomic E-state index is 0.537. The molecule has 0 aliphatic carbocycles. The first-order valence-electron chi connectivity index (χ1n) is 6.87. The summed E-state index contributed by atoms with van der Waals surface area (Å²) in [6.07, 6.45) is 1.19. The molecule has 1 saturated heterocycles. The van der Waals surface area contributed by atoms with E-state index < -0.39 is 0 Å². The standard InChI is InChI=1S/C15H24N2O2/c1-11(2)16-12-7-8-17(10-12)13-5-6-14(18-3)15(9-13)19-4/h5-6,9,11-12,16H,7-8,10H2,1-4H3. The zero-order valence-electron chi connectivity index (χ0n) is 12.3. The lowest BCUT2D eigenvalue weighted by Crippen LogP contribution is -2.37. The van der Waals surface area contributed by atoms with Gasteiger partial charge >= 0.3 is 0 Å². The van der Waals surface area contributed by atoms with Crippen molar-refractivity contribution in [2.75, 3.05) is 32.2 Å². The topological polar surface area (TPSA) is 33.7 Å². The van der Waals surface area contributed by atoms with Crippen molar-refractivity contribution in [1.29, 1.82) is 0 Å². The first-order valence-corrected chi connectivity index (χ1v) is 6.87. The van der Waals surface area contributed by atoms with E-state index in [0.717, 1.165) is 24.6 Å². The number of nitrogens with zero attached hydrogens (tertiary/aromatic N) is 1. The van der Waals surface area contributed by atoms with Crippen LogP contribution in [0.3, 0.4) is 0 Å². The molecule has 0 bridgehead atoms. The average Bonchev–Trinajstić information content (AvgIpc) is 2.85. The molecular formula is C15H24N2O2. The van der Waals surface area contributed by atoms with E-state index in [2.05, 4.69) is 36.2 Å². The lowest BCUT2D eigenvalue weighted by Gasteiger charge is -2.21. The molecule has 106 valence electrons. The van der Waals surface area contributed by atoms with Crippen molar-refractivity contribution < 1.29 is 9.47 Å². The van der Waals surface area contributed by atoms with Crippen molar-refractivity contribution in [3.05, 3.63) is 18.2 Å². The lowest BCUT2D eigenvalue weighted by molar-refractivity contribution is 0.355. The van der Waals surface area contributed by atoms with Gasteiger partial charge in [0.2, 0.25) is 0 Å². The number of rotatable bonds is 5. The predicted octanol–water partition coefficient (Wildman–Crippen LogP) is 2.28. The molecular weight excluding hydrogens is 240 g/mol. The molecule has 0 amide bonds. The number of benzene rings is 1. The highest BCUT2D eigenvalue weighted by Crippen LogP contribution is 2.32. The van der Waals surface area contributed by atoms with Crippen molar-refractivity contribution in [2.24, 2.45) is 0 Å². The summed E-state index contributed by atoms with van der Waals surface area (Å²) in [6.45, 7) is 6.52. The van der Waals surface area contributed by atoms with Gasteiger partial charge in [0, 0.05) is 36.9 Å². The van der Waals surface area contributed by atoms with Crippen LogP contribution in [0, 0.1) is 0 Å². The van der Waals surface area contributed by atoms with E-state index in [0.29, 0.717) is 12.1 Å². The van der Waals surface area contributed by atoms with E-state index in [1.54, 1.807) is 14.2 Å². The van der Waals surface area contributed by atoms with Gasteiger partial charge in [-0.15, -0.1) is 0 Å². The van der Waals surface area contributed by atoms with Crippen LogP contribution in [0.2, 0.25) is 0 Å². The summed E-state index contributed by atoms with van der Waals surface area (Å²) in [6, 6.07) is 7.23. The Morgan fingerprint density at radius 3 is 2.58 bits per heavy atom. The summed E-state index contributed by atoms with van der Waals surface area (Å²) >= 11 is 0. The lowest BCUT2D eigenvalue weighted by atomic mass is 10.2.